The van der Waals surface area contributed by atoms with Gasteiger partial charge in [-0.3, -0.25) is 4.98 Å². The minimum atomic E-state index is 0.970. The third kappa shape index (κ3) is 1.19. The molecule has 0 unspecified atom stereocenters. The zero-order valence-corrected chi connectivity index (χ0v) is 5.60. The van der Waals surface area contributed by atoms with E-state index in [0.29, 0.717) is 0 Å². The summed E-state index contributed by atoms with van der Waals surface area (Å²) in [6, 6.07) is 4.80. The molecular formula is C7H9N2. The van der Waals surface area contributed by atoms with E-state index in [1.165, 1.54) is 0 Å². The summed E-state index contributed by atoms with van der Waals surface area (Å²) in [7, 11) is 1.86. The van der Waals surface area contributed by atoms with Crippen LogP contribution in [0.2, 0.25) is 0 Å². The van der Waals surface area contributed by atoms with Gasteiger partial charge in [0.2, 0.25) is 0 Å². The molecule has 1 radical (unpaired) electrons. The van der Waals surface area contributed by atoms with Crippen molar-refractivity contribution in [3.8, 4) is 0 Å². The second-order valence-corrected chi connectivity index (χ2v) is 1.80. The fraction of sp³-hybridized carbons (Fsp3) is 0.286. The lowest BCUT2D eigenvalue weighted by molar-refractivity contribution is 1.19. The molecule has 0 aromatic carbocycles. The number of rotatable bonds is 1. The molecule has 0 aliphatic heterocycles. The molecule has 1 N–H and O–H groups in total. The van der Waals surface area contributed by atoms with Gasteiger partial charge in [-0.2, -0.15) is 0 Å². The maximum absolute atomic E-state index is 4.06. The van der Waals surface area contributed by atoms with Crippen LogP contribution in [0.3, 0.4) is 0 Å². The molecule has 1 heterocycles. The Labute approximate surface area is 54.9 Å². The van der Waals surface area contributed by atoms with Crippen LogP contribution < -0.4 is 5.32 Å². The van der Waals surface area contributed by atoms with Crippen LogP contribution in [0.4, 0.5) is 5.69 Å². The van der Waals surface area contributed by atoms with Crippen molar-refractivity contribution in [2.45, 2.75) is 6.92 Å². The van der Waals surface area contributed by atoms with Gasteiger partial charge >= 0.3 is 0 Å². The molecule has 2 nitrogen and oxygen atoms in total. The Balaban J connectivity index is 3.01. The van der Waals surface area contributed by atoms with Gasteiger partial charge in [0, 0.05) is 19.3 Å². The Hall–Kier alpha value is -1.05. The predicted molar refractivity (Wildman–Crippen MR) is 37.4 cm³/mol. The molecular weight excluding hydrogens is 112 g/mol. The maximum atomic E-state index is 4.06. The number of pyridine rings is 1. The average molecular weight is 121 g/mol. The van der Waals surface area contributed by atoms with Gasteiger partial charge in [-0.1, -0.05) is 0 Å². The molecule has 0 atom stereocenters. The van der Waals surface area contributed by atoms with Gasteiger partial charge in [-0.05, 0) is 13.0 Å². The molecule has 2 heteroatoms. The van der Waals surface area contributed by atoms with E-state index in [4.69, 9.17) is 0 Å². The van der Waals surface area contributed by atoms with Crippen molar-refractivity contribution in [1.82, 2.24) is 4.98 Å². The fourth-order valence-electron chi connectivity index (χ4n) is 0.692. The lowest BCUT2D eigenvalue weighted by atomic mass is 10.3. The molecule has 9 heavy (non-hydrogen) atoms. The third-order valence-corrected chi connectivity index (χ3v) is 1.18. The van der Waals surface area contributed by atoms with Crippen LogP contribution in [0.25, 0.3) is 0 Å². The molecule has 0 aliphatic rings. The Kier molecular flexibility index (Phi) is 1.68. The first-order valence-corrected chi connectivity index (χ1v) is 2.85. The van der Waals surface area contributed by atoms with E-state index in [1.54, 1.807) is 12.3 Å². The molecule has 47 valence electrons. The first-order chi connectivity index (χ1) is 4.34. The van der Waals surface area contributed by atoms with Crippen molar-refractivity contribution in [1.29, 1.82) is 0 Å². The number of nitrogens with zero attached hydrogens (tertiary/aromatic N) is 1. The number of hydrogen-bond donors (Lipinski definition) is 1. The molecule has 1 aromatic rings. The first-order valence-electron chi connectivity index (χ1n) is 2.85. The van der Waals surface area contributed by atoms with Gasteiger partial charge in [0.25, 0.3) is 0 Å². The van der Waals surface area contributed by atoms with Crippen molar-refractivity contribution < 1.29 is 0 Å². The number of anilines is 1. The summed E-state index contributed by atoms with van der Waals surface area (Å²) in [5, 5.41) is 2.98. The molecule has 0 aliphatic carbocycles. The van der Waals surface area contributed by atoms with E-state index in [1.807, 2.05) is 14.0 Å². The number of hydrogen-bond acceptors (Lipinski definition) is 2. The van der Waals surface area contributed by atoms with E-state index in [2.05, 4.69) is 16.4 Å². The van der Waals surface area contributed by atoms with Crippen molar-refractivity contribution in [3.63, 3.8) is 0 Å². The predicted octanol–water partition coefficient (Wildman–Crippen LogP) is 1.23. The fourth-order valence-corrected chi connectivity index (χ4v) is 0.692. The topological polar surface area (TPSA) is 24.9 Å². The van der Waals surface area contributed by atoms with Gasteiger partial charge in [0.05, 0.1) is 11.4 Å². The summed E-state index contributed by atoms with van der Waals surface area (Å²) in [6.07, 6.45) is 1.73. The quantitative estimate of drug-likeness (QED) is 0.604. The summed E-state index contributed by atoms with van der Waals surface area (Å²) < 4.78 is 0. The van der Waals surface area contributed by atoms with Crippen molar-refractivity contribution >= 4 is 5.69 Å². The highest BCUT2D eigenvalue weighted by Gasteiger charge is 1.91. The lowest BCUT2D eigenvalue weighted by Gasteiger charge is -1.99. The van der Waals surface area contributed by atoms with Crippen LogP contribution in [0, 0.1) is 13.0 Å². The van der Waals surface area contributed by atoms with Crippen molar-refractivity contribution in [3.05, 3.63) is 24.0 Å². The van der Waals surface area contributed by atoms with Gasteiger partial charge in [-0.15, -0.1) is 0 Å². The van der Waals surface area contributed by atoms with E-state index >= 15 is 0 Å². The molecule has 0 spiro atoms. The van der Waals surface area contributed by atoms with Gasteiger partial charge in [-0.25, -0.2) is 0 Å². The van der Waals surface area contributed by atoms with E-state index in [9.17, 15) is 0 Å². The summed E-state index contributed by atoms with van der Waals surface area (Å²) in [4.78, 5) is 4.06. The number of nitrogens with one attached hydrogen (secondary N) is 1. The Morgan fingerprint density at radius 3 is 2.89 bits per heavy atom. The highest BCUT2D eigenvalue weighted by molar-refractivity contribution is 5.44. The molecule has 0 bridgehead atoms. The molecule has 0 fully saturated rings. The first kappa shape index (κ1) is 6.08. The van der Waals surface area contributed by atoms with E-state index < -0.39 is 0 Å². The second-order valence-electron chi connectivity index (χ2n) is 1.80. The third-order valence-electron chi connectivity index (χ3n) is 1.18. The van der Waals surface area contributed by atoms with Crippen molar-refractivity contribution in [2.75, 3.05) is 12.4 Å². The Bertz CT molecular complexity index is 196. The minimum Gasteiger partial charge on any atom is -0.386 e. The number of aryl methyl sites for hydroxylation is 1. The summed E-state index contributed by atoms with van der Waals surface area (Å²) in [5.74, 6) is 0. The minimum absolute atomic E-state index is 0.970. The van der Waals surface area contributed by atoms with E-state index in [-0.39, 0.29) is 0 Å². The largest absolute Gasteiger partial charge is 0.386 e. The maximum Gasteiger partial charge on any atom is 0.0634 e. The highest BCUT2D eigenvalue weighted by atomic mass is 14.9. The van der Waals surface area contributed by atoms with Crippen LogP contribution in [-0.4, -0.2) is 12.0 Å². The SMILES string of the molecule is CNc1[c]ccnc1C. The van der Waals surface area contributed by atoms with E-state index in [0.717, 1.165) is 11.4 Å². The monoisotopic (exact) mass is 121 g/mol. The van der Waals surface area contributed by atoms with Gasteiger partial charge < -0.3 is 5.32 Å². The van der Waals surface area contributed by atoms with Crippen LogP contribution in [0.1, 0.15) is 5.69 Å². The molecule has 0 amide bonds. The molecule has 1 aromatic heterocycles. The zero-order valence-electron chi connectivity index (χ0n) is 5.60. The van der Waals surface area contributed by atoms with Crippen LogP contribution in [0.5, 0.6) is 0 Å². The van der Waals surface area contributed by atoms with Crippen LogP contribution in [0.15, 0.2) is 12.3 Å². The summed E-state index contributed by atoms with van der Waals surface area (Å²) >= 11 is 0. The molecule has 1 rings (SSSR count). The molecule has 0 saturated carbocycles. The number of aromatic nitrogens is 1. The summed E-state index contributed by atoms with van der Waals surface area (Å²) in [6.45, 7) is 1.95. The lowest BCUT2D eigenvalue weighted by Crippen LogP contribution is -1.92. The Morgan fingerprint density at radius 2 is 2.44 bits per heavy atom. The standard InChI is InChI=1S/C7H9N2/c1-6-7(8-2)4-3-5-9-6/h3,5,8H,1-2H3. The van der Waals surface area contributed by atoms with Crippen molar-refractivity contribution in [2.24, 2.45) is 0 Å². The normalized spacial score (nSPS) is 9.11. The highest BCUT2D eigenvalue weighted by Crippen LogP contribution is 2.06. The van der Waals surface area contributed by atoms with Gasteiger partial charge in [0.1, 0.15) is 0 Å². The average Bonchev–Trinajstić information content (AvgIpc) is 1.89. The van der Waals surface area contributed by atoms with Crippen LogP contribution in [-0.2, 0) is 0 Å². The smallest absolute Gasteiger partial charge is 0.0634 e. The van der Waals surface area contributed by atoms with Crippen LogP contribution >= 0.6 is 0 Å². The zero-order chi connectivity index (χ0) is 6.69. The molecule has 0 saturated heterocycles. The second kappa shape index (κ2) is 2.49. The summed E-state index contributed by atoms with van der Waals surface area (Å²) in [5.41, 5.74) is 1.96. The Morgan fingerprint density at radius 1 is 1.67 bits per heavy atom. The van der Waals surface area contributed by atoms with Gasteiger partial charge in [0.15, 0.2) is 0 Å².